The molecular formula is C19H19N7. The van der Waals surface area contributed by atoms with Crippen LogP contribution in [0.4, 0.5) is 5.82 Å². The second kappa shape index (κ2) is 6.34. The van der Waals surface area contributed by atoms with Crippen LogP contribution in [0.1, 0.15) is 5.56 Å². The molecule has 7 heteroatoms. The zero-order valence-electron chi connectivity index (χ0n) is 14.4. The van der Waals surface area contributed by atoms with Crippen LogP contribution in [-0.2, 0) is 6.54 Å². The summed E-state index contributed by atoms with van der Waals surface area (Å²) in [5, 5.41) is 18.7. The highest BCUT2D eigenvalue weighted by atomic mass is 15.6. The molecule has 1 saturated heterocycles. The van der Waals surface area contributed by atoms with Crippen LogP contribution in [0.2, 0.25) is 0 Å². The van der Waals surface area contributed by atoms with Crippen molar-refractivity contribution in [3.05, 3.63) is 60.2 Å². The number of fused-ring (bicyclic) bond motifs is 3. The molecule has 0 spiro atoms. The fourth-order valence-electron chi connectivity index (χ4n) is 3.62. The summed E-state index contributed by atoms with van der Waals surface area (Å²) in [5.74, 6) is 0.958. The Labute approximate surface area is 150 Å². The predicted molar refractivity (Wildman–Crippen MR) is 100 cm³/mol. The lowest BCUT2D eigenvalue weighted by Crippen LogP contribution is -2.46. The molecular weight excluding hydrogens is 326 g/mol. The normalized spacial score (nSPS) is 15.8. The standard InChI is InChI=1S/C19H19N7/c1-2-6-15(7-3-1)14-24-10-12-25(13-11-24)19-17-9-5-4-8-16(17)18-20-22-23-26(18)21-19/h1-9H,10-14H2. The van der Waals surface area contributed by atoms with Crippen LogP contribution in [0.25, 0.3) is 16.4 Å². The van der Waals surface area contributed by atoms with Gasteiger partial charge in [0.2, 0.25) is 5.65 Å². The van der Waals surface area contributed by atoms with Crippen LogP contribution < -0.4 is 4.90 Å². The number of tetrazole rings is 1. The molecule has 0 saturated carbocycles. The molecule has 1 aliphatic rings. The summed E-state index contributed by atoms with van der Waals surface area (Å²) in [5.41, 5.74) is 2.06. The highest BCUT2D eigenvalue weighted by Gasteiger charge is 2.21. The van der Waals surface area contributed by atoms with Crippen LogP contribution in [0, 0.1) is 0 Å². The summed E-state index contributed by atoms with van der Waals surface area (Å²) in [6, 6.07) is 18.8. The maximum absolute atomic E-state index is 4.68. The number of piperazine rings is 1. The van der Waals surface area contributed by atoms with Gasteiger partial charge in [0.15, 0.2) is 5.82 Å². The smallest absolute Gasteiger partial charge is 0.207 e. The molecule has 0 N–H and O–H groups in total. The van der Waals surface area contributed by atoms with E-state index in [9.17, 15) is 0 Å². The molecule has 7 nitrogen and oxygen atoms in total. The van der Waals surface area contributed by atoms with E-state index in [1.807, 2.05) is 12.1 Å². The lowest BCUT2D eigenvalue weighted by molar-refractivity contribution is 0.249. The SMILES string of the molecule is c1ccc(CN2CCN(c3nn4nnnc4c4ccccc34)CC2)cc1. The van der Waals surface area contributed by atoms with Gasteiger partial charge in [-0.05, 0) is 16.0 Å². The van der Waals surface area contributed by atoms with Gasteiger partial charge in [-0.15, -0.1) is 14.8 Å². The minimum atomic E-state index is 0.701. The second-order valence-electron chi connectivity index (χ2n) is 6.61. The van der Waals surface area contributed by atoms with Crippen molar-refractivity contribution < 1.29 is 0 Å². The van der Waals surface area contributed by atoms with Crippen molar-refractivity contribution >= 4 is 22.2 Å². The lowest BCUT2D eigenvalue weighted by Gasteiger charge is -2.35. The molecule has 130 valence electrons. The molecule has 3 heterocycles. The average Bonchev–Trinajstić information content (AvgIpc) is 3.18. The third-order valence-corrected chi connectivity index (χ3v) is 4.97. The van der Waals surface area contributed by atoms with Gasteiger partial charge in [0, 0.05) is 43.5 Å². The fraction of sp³-hybridized carbons (Fsp3) is 0.263. The van der Waals surface area contributed by atoms with Crippen molar-refractivity contribution in [2.24, 2.45) is 0 Å². The summed E-state index contributed by atoms with van der Waals surface area (Å²) in [7, 11) is 0. The Morgan fingerprint density at radius 2 is 1.54 bits per heavy atom. The zero-order valence-corrected chi connectivity index (χ0v) is 14.4. The third-order valence-electron chi connectivity index (χ3n) is 4.97. The molecule has 0 bridgehead atoms. The van der Waals surface area contributed by atoms with E-state index < -0.39 is 0 Å². The first-order chi connectivity index (χ1) is 12.9. The number of anilines is 1. The highest BCUT2D eigenvalue weighted by Crippen LogP contribution is 2.27. The fourth-order valence-corrected chi connectivity index (χ4v) is 3.62. The average molecular weight is 345 g/mol. The maximum atomic E-state index is 4.68. The minimum absolute atomic E-state index is 0.701. The van der Waals surface area contributed by atoms with Gasteiger partial charge in [-0.1, -0.05) is 54.6 Å². The summed E-state index contributed by atoms with van der Waals surface area (Å²) < 4.78 is 1.54. The van der Waals surface area contributed by atoms with Gasteiger partial charge in [-0.25, -0.2) is 0 Å². The molecule has 26 heavy (non-hydrogen) atoms. The summed E-state index contributed by atoms with van der Waals surface area (Å²) in [6.07, 6.45) is 0. The first kappa shape index (κ1) is 15.2. The first-order valence-electron chi connectivity index (χ1n) is 8.87. The molecule has 5 rings (SSSR count). The quantitative estimate of drug-likeness (QED) is 0.566. The summed E-state index contributed by atoms with van der Waals surface area (Å²) in [6.45, 7) is 4.90. The number of aromatic nitrogens is 5. The molecule has 2 aromatic carbocycles. The number of nitrogens with zero attached hydrogens (tertiary/aromatic N) is 7. The summed E-state index contributed by atoms with van der Waals surface area (Å²) >= 11 is 0. The van der Waals surface area contributed by atoms with Crippen LogP contribution in [-0.4, -0.2) is 56.3 Å². The first-order valence-corrected chi connectivity index (χ1v) is 8.87. The number of rotatable bonds is 3. The molecule has 1 aliphatic heterocycles. The minimum Gasteiger partial charge on any atom is -0.352 e. The second-order valence-corrected chi connectivity index (χ2v) is 6.61. The molecule has 0 unspecified atom stereocenters. The monoisotopic (exact) mass is 345 g/mol. The van der Waals surface area contributed by atoms with Crippen LogP contribution in [0.5, 0.6) is 0 Å². The van der Waals surface area contributed by atoms with Crippen LogP contribution in [0.3, 0.4) is 0 Å². The van der Waals surface area contributed by atoms with E-state index in [-0.39, 0.29) is 0 Å². The van der Waals surface area contributed by atoms with Gasteiger partial charge in [-0.3, -0.25) is 4.90 Å². The van der Waals surface area contributed by atoms with Crippen molar-refractivity contribution in [2.45, 2.75) is 6.54 Å². The van der Waals surface area contributed by atoms with E-state index in [4.69, 9.17) is 0 Å². The lowest BCUT2D eigenvalue weighted by atomic mass is 10.1. The van der Waals surface area contributed by atoms with Gasteiger partial charge < -0.3 is 4.90 Å². The Morgan fingerprint density at radius 1 is 0.808 bits per heavy atom. The third kappa shape index (κ3) is 2.66. The van der Waals surface area contributed by atoms with Gasteiger partial charge in [-0.2, -0.15) is 0 Å². The van der Waals surface area contributed by atoms with Crippen LogP contribution in [0.15, 0.2) is 54.6 Å². The Morgan fingerprint density at radius 3 is 2.35 bits per heavy atom. The van der Waals surface area contributed by atoms with E-state index in [1.54, 1.807) is 0 Å². The maximum Gasteiger partial charge on any atom is 0.207 e. The van der Waals surface area contributed by atoms with Crippen molar-refractivity contribution in [2.75, 3.05) is 31.1 Å². The molecule has 2 aromatic heterocycles. The van der Waals surface area contributed by atoms with Crippen molar-refractivity contribution in [3.8, 4) is 0 Å². The Balaban J connectivity index is 1.41. The molecule has 0 amide bonds. The predicted octanol–water partition coefficient (Wildman–Crippen LogP) is 1.99. The highest BCUT2D eigenvalue weighted by molar-refractivity contribution is 5.99. The largest absolute Gasteiger partial charge is 0.352 e. The molecule has 4 aromatic rings. The van der Waals surface area contributed by atoms with Crippen molar-refractivity contribution in [1.29, 1.82) is 0 Å². The van der Waals surface area contributed by atoms with E-state index in [2.05, 4.69) is 72.9 Å². The Kier molecular flexibility index (Phi) is 3.71. The topological polar surface area (TPSA) is 62.5 Å². The number of hydrogen-bond acceptors (Lipinski definition) is 6. The van der Waals surface area contributed by atoms with Gasteiger partial charge in [0.1, 0.15) is 0 Å². The number of hydrogen-bond donors (Lipinski definition) is 0. The molecule has 0 aliphatic carbocycles. The van der Waals surface area contributed by atoms with E-state index in [1.165, 1.54) is 10.2 Å². The van der Waals surface area contributed by atoms with Gasteiger partial charge >= 0.3 is 0 Å². The van der Waals surface area contributed by atoms with Gasteiger partial charge in [0.25, 0.3) is 0 Å². The molecule has 1 fully saturated rings. The van der Waals surface area contributed by atoms with Crippen molar-refractivity contribution in [3.63, 3.8) is 0 Å². The van der Waals surface area contributed by atoms with Crippen molar-refractivity contribution in [1.82, 2.24) is 30.2 Å². The Hall–Kier alpha value is -3.06. The van der Waals surface area contributed by atoms with E-state index >= 15 is 0 Å². The molecule has 0 atom stereocenters. The molecule has 0 radical (unpaired) electrons. The zero-order chi connectivity index (χ0) is 17.3. The van der Waals surface area contributed by atoms with Crippen LogP contribution >= 0.6 is 0 Å². The van der Waals surface area contributed by atoms with Gasteiger partial charge in [0.05, 0.1) is 0 Å². The Bertz CT molecular complexity index is 1040. The van der Waals surface area contributed by atoms with E-state index in [0.29, 0.717) is 5.65 Å². The number of benzene rings is 2. The van der Waals surface area contributed by atoms with E-state index in [0.717, 1.165) is 49.3 Å². The summed E-state index contributed by atoms with van der Waals surface area (Å²) in [4.78, 5) is 4.83.